The second kappa shape index (κ2) is 3.37. The Morgan fingerprint density at radius 3 is 2.17 bits per heavy atom. The highest BCUT2D eigenvalue weighted by atomic mass is 15.4. The molecule has 0 radical (unpaired) electrons. The van der Waals surface area contributed by atoms with Gasteiger partial charge in [0.15, 0.2) is 0 Å². The average molecular weight is 170 g/mol. The number of rotatable bonds is 2. The lowest BCUT2D eigenvalue weighted by Crippen LogP contribution is -2.52. The van der Waals surface area contributed by atoms with E-state index in [0.29, 0.717) is 0 Å². The molecule has 0 aromatic carbocycles. The van der Waals surface area contributed by atoms with Crippen molar-refractivity contribution in [3.8, 4) is 0 Å². The van der Waals surface area contributed by atoms with E-state index in [4.69, 9.17) is 0 Å². The fraction of sp³-hybridized carbons (Fsp3) is 1.00. The van der Waals surface area contributed by atoms with Crippen molar-refractivity contribution in [3.63, 3.8) is 0 Å². The minimum atomic E-state index is 0.861. The largest absolute Gasteiger partial charge is 0.321 e. The highest BCUT2D eigenvalue weighted by molar-refractivity contribution is 4.75. The van der Waals surface area contributed by atoms with Gasteiger partial charge in [-0.25, -0.2) is 0 Å². The molecule has 0 aromatic rings. The summed E-state index contributed by atoms with van der Waals surface area (Å²) in [6, 6.07) is 1.73. The molecule has 4 unspecified atom stereocenters. The van der Waals surface area contributed by atoms with E-state index >= 15 is 0 Å². The summed E-state index contributed by atoms with van der Waals surface area (Å²) in [5.41, 5.74) is 0. The van der Waals surface area contributed by atoms with Gasteiger partial charge in [-0.3, -0.25) is 0 Å². The molecule has 0 amide bonds. The van der Waals surface area contributed by atoms with Crippen molar-refractivity contribution in [1.29, 1.82) is 0 Å². The van der Waals surface area contributed by atoms with E-state index in [-0.39, 0.29) is 0 Å². The number of hydrogen-bond acceptors (Lipinski definition) is 0. The third kappa shape index (κ3) is 1.39. The standard InChI is InChI=1S/C11H24N/c1-6-7-12(5)10(3)8-9(2)11(12)4/h9-11H,6-8H2,1-5H3/q+1. The van der Waals surface area contributed by atoms with Crippen LogP contribution in [0.2, 0.25) is 0 Å². The summed E-state index contributed by atoms with van der Waals surface area (Å²) in [5.74, 6) is 0.913. The van der Waals surface area contributed by atoms with Crippen LogP contribution in [-0.2, 0) is 0 Å². The zero-order valence-electron chi connectivity index (χ0n) is 9.30. The fourth-order valence-electron chi connectivity index (χ4n) is 2.86. The van der Waals surface area contributed by atoms with Gasteiger partial charge in [0.1, 0.15) is 0 Å². The molecule has 1 heterocycles. The topological polar surface area (TPSA) is 0 Å². The van der Waals surface area contributed by atoms with E-state index in [2.05, 4.69) is 34.7 Å². The van der Waals surface area contributed by atoms with Gasteiger partial charge < -0.3 is 4.48 Å². The first-order chi connectivity index (χ1) is 5.52. The van der Waals surface area contributed by atoms with Crippen molar-refractivity contribution in [2.45, 2.75) is 52.6 Å². The van der Waals surface area contributed by atoms with Crippen molar-refractivity contribution in [2.75, 3.05) is 13.6 Å². The summed E-state index contributed by atoms with van der Waals surface area (Å²) in [6.45, 7) is 10.9. The predicted octanol–water partition coefficient (Wildman–Crippen LogP) is 2.66. The van der Waals surface area contributed by atoms with E-state index < -0.39 is 0 Å². The molecule has 0 aromatic heterocycles. The molecule has 72 valence electrons. The predicted molar refractivity (Wildman–Crippen MR) is 54.0 cm³/mol. The molecule has 1 aliphatic rings. The van der Waals surface area contributed by atoms with E-state index in [1.54, 1.807) is 0 Å². The Bertz CT molecular complexity index is 155. The van der Waals surface area contributed by atoms with Gasteiger partial charge in [-0.05, 0) is 20.3 Å². The Kier molecular flexibility index (Phi) is 2.82. The van der Waals surface area contributed by atoms with Gasteiger partial charge in [-0.1, -0.05) is 13.8 Å². The SMILES string of the molecule is CCC[N+]1(C)C(C)CC(C)C1C. The molecule has 1 heteroatoms. The van der Waals surface area contributed by atoms with Crippen LogP contribution in [-0.4, -0.2) is 30.2 Å². The van der Waals surface area contributed by atoms with Crippen LogP contribution in [0.15, 0.2) is 0 Å². The van der Waals surface area contributed by atoms with Crippen molar-refractivity contribution in [2.24, 2.45) is 5.92 Å². The molecule has 1 nitrogen and oxygen atoms in total. The summed E-state index contributed by atoms with van der Waals surface area (Å²) in [4.78, 5) is 0. The number of nitrogens with zero attached hydrogens (tertiary/aromatic N) is 1. The molecular weight excluding hydrogens is 146 g/mol. The summed E-state index contributed by atoms with van der Waals surface area (Å²) in [7, 11) is 2.43. The van der Waals surface area contributed by atoms with Crippen LogP contribution in [0, 0.1) is 5.92 Å². The summed E-state index contributed by atoms with van der Waals surface area (Å²) >= 11 is 0. The third-order valence-corrected chi connectivity index (χ3v) is 4.18. The van der Waals surface area contributed by atoms with Crippen molar-refractivity contribution < 1.29 is 4.48 Å². The zero-order valence-corrected chi connectivity index (χ0v) is 9.30. The Hall–Kier alpha value is -0.0400. The minimum Gasteiger partial charge on any atom is -0.321 e. The van der Waals surface area contributed by atoms with Crippen LogP contribution in [0.3, 0.4) is 0 Å². The molecule has 1 rings (SSSR count). The van der Waals surface area contributed by atoms with Crippen LogP contribution >= 0.6 is 0 Å². The lowest BCUT2D eigenvalue weighted by molar-refractivity contribution is -0.941. The van der Waals surface area contributed by atoms with Crippen LogP contribution in [0.1, 0.15) is 40.5 Å². The molecule has 0 N–H and O–H groups in total. The van der Waals surface area contributed by atoms with Crippen LogP contribution in [0.4, 0.5) is 0 Å². The number of likely N-dealkylation sites (tertiary alicyclic amines) is 1. The maximum Gasteiger partial charge on any atom is 0.0889 e. The first-order valence-corrected chi connectivity index (χ1v) is 5.37. The van der Waals surface area contributed by atoms with Crippen molar-refractivity contribution >= 4 is 0 Å². The first kappa shape index (κ1) is 10.0. The lowest BCUT2D eigenvalue weighted by atomic mass is 10.0. The summed E-state index contributed by atoms with van der Waals surface area (Å²) < 4.78 is 1.30. The third-order valence-electron chi connectivity index (χ3n) is 4.18. The van der Waals surface area contributed by atoms with Gasteiger partial charge in [0.25, 0.3) is 0 Å². The van der Waals surface area contributed by atoms with Gasteiger partial charge >= 0.3 is 0 Å². The quantitative estimate of drug-likeness (QED) is 0.559. The molecule has 1 aliphatic heterocycles. The second-order valence-electron chi connectivity index (χ2n) is 4.87. The zero-order chi connectivity index (χ0) is 9.35. The summed E-state index contributed by atoms with van der Waals surface area (Å²) in [5, 5.41) is 0. The first-order valence-electron chi connectivity index (χ1n) is 5.37. The molecule has 0 spiro atoms. The van der Waals surface area contributed by atoms with Crippen molar-refractivity contribution in [1.82, 2.24) is 0 Å². The summed E-state index contributed by atoms with van der Waals surface area (Å²) in [6.07, 6.45) is 2.73. The normalized spacial score (nSPS) is 48.2. The maximum atomic E-state index is 2.43. The molecular formula is C11H24N+. The Labute approximate surface area is 77.4 Å². The highest BCUT2D eigenvalue weighted by Crippen LogP contribution is 2.35. The van der Waals surface area contributed by atoms with Gasteiger partial charge in [0.2, 0.25) is 0 Å². The Morgan fingerprint density at radius 1 is 1.25 bits per heavy atom. The van der Waals surface area contributed by atoms with Gasteiger partial charge in [-0.15, -0.1) is 0 Å². The lowest BCUT2D eigenvalue weighted by Gasteiger charge is -2.39. The van der Waals surface area contributed by atoms with E-state index in [9.17, 15) is 0 Å². The van der Waals surface area contributed by atoms with Gasteiger partial charge in [0, 0.05) is 12.3 Å². The Morgan fingerprint density at radius 2 is 1.83 bits per heavy atom. The maximum absolute atomic E-state index is 2.43. The molecule has 4 atom stereocenters. The Balaban J connectivity index is 2.73. The monoisotopic (exact) mass is 170 g/mol. The molecule has 12 heavy (non-hydrogen) atoms. The fourth-order valence-corrected chi connectivity index (χ4v) is 2.86. The van der Waals surface area contributed by atoms with Gasteiger partial charge in [0.05, 0.1) is 25.7 Å². The van der Waals surface area contributed by atoms with Crippen LogP contribution < -0.4 is 0 Å². The van der Waals surface area contributed by atoms with Crippen molar-refractivity contribution in [3.05, 3.63) is 0 Å². The average Bonchev–Trinajstić information content (AvgIpc) is 2.17. The molecule has 1 fully saturated rings. The van der Waals surface area contributed by atoms with E-state index in [1.807, 2.05) is 0 Å². The number of hydrogen-bond donors (Lipinski definition) is 0. The van der Waals surface area contributed by atoms with E-state index in [0.717, 1.165) is 18.0 Å². The molecule has 0 saturated carbocycles. The van der Waals surface area contributed by atoms with Crippen LogP contribution in [0.25, 0.3) is 0 Å². The smallest absolute Gasteiger partial charge is 0.0889 e. The number of quaternary nitrogens is 1. The van der Waals surface area contributed by atoms with Crippen LogP contribution in [0.5, 0.6) is 0 Å². The molecule has 0 bridgehead atoms. The molecule has 1 saturated heterocycles. The van der Waals surface area contributed by atoms with Gasteiger partial charge in [-0.2, -0.15) is 0 Å². The highest BCUT2D eigenvalue weighted by Gasteiger charge is 2.44. The molecule has 0 aliphatic carbocycles. The van der Waals surface area contributed by atoms with E-state index in [1.165, 1.54) is 23.9 Å². The minimum absolute atomic E-state index is 0.861. The second-order valence-corrected chi connectivity index (χ2v) is 4.87.